The third-order valence-corrected chi connectivity index (χ3v) is 12.7. The van der Waals surface area contributed by atoms with Crippen molar-refractivity contribution in [1.82, 2.24) is 20.4 Å². The zero-order valence-electron chi connectivity index (χ0n) is 24.0. The zero-order chi connectivity index (χ0) is 29.9. The number of carboxylic acid groups (broad SMARTS) is 1. The minimum atomic E-state index is -2.29. The van der Waals surface area contributed by atoms with Crippen LogP contribution in [0.1, 0.15) is 47.5 Å². The largest absolute Gasteiger partial charge is 0.465 e. The number of hydrogen-bond acceptors (Lipinski definition) is 7. The van der Waals surface area contributed by atoms with Crippen LogP contribution < -0.4 is 16.4 Å². The molecule has 2 aliphatic heterocycles. The van der Waals surface area contributed by atoms with Gasteiger partial charge >= 0.3 is 6.09 Å². The van der Waals surface area contributed by atoms with Crippen molar-refractivity contribution in [3.8, 4) is 0 Å². The maximum Gasteiger partial charge on any atom is 0.405 e. The smallest absolute Gasteiger partial charge is 0.405 e. The maximum absolute atomic E-state index is 13.4. The monoisotopic (exact) mass is 571 g/mol. The summed E-state index contributed by atoms with van der Waals surface area (Å²) in [5.41, 5.74) is 5.24. The van der Waals surface area contributed by atoms with Crippen LogP contribution in [0.3, 0.4) is 0 Å². The van der Waals surface area contributed by atoms with Crippen LogP contribution in [0.25, 0.3) is 0 Å². The molecule has 0 aromatic heterocycles. The number of rotatable bonds is 10. The summed E-state index contributed by atoms with van der Waals surface area (Å²) in [5, 5.41) is 23.7. The van der Waals surface area contributed by atoms with Gasteiger partial charge in [0.2, 0.25) is 23.6 Å². The van der Waals surface area contributed by atoms with Gasteiger partial charge in [-0.25, -0.2) is 4.79 Å². The third-order valence-electron chi connectivity index (χ3n) is 8.11. The van der Waals surface area contributed by atoms with E-state index in [0.29, 0.717) is 25.9 Å². The Kier molecular flexibility index (Phi) is 10.5. The molecule has 2 unspecified atom stereocenters. The standard InChI is InChI=1S/C25H45N5O8Si/c1-14(31)18(20(26)32)27-21(33)16-8-10-29(12-16)22(34)17-9-11-30(13-17)23(35)19(28-24(36)37)15(2)38-39(6,7)25(3,4)5/h14-19,28,31H,8-13H2,1-7H3,(H2,26,32)(H,27,33)(H,36,37)/t14-,15-,16?,17?,18+,19+/m1/s1. The summed E-state index contributed by atoms with van der Waals surface area (Å²) in [4.78, 5) is 65.3. The number of amides is 5. The minimum Gasteiger partial charge on any atom is -0.465 e. The molecule has 14 heteroatoms. The summed E-state index contributed by atoms with van der Waals surface area (Å²) in [6.07, 6.45) is -2.37. The second kappa shape index (κ2) is 12.6. The molecule has 13 nitrogen and oxygen atoms in total. The van der Waals surface area contributed by atoms with Crippen LogP contribution in [0.5, 0.6) is 0 Å². The van der Waals surface area contributed by atoms with Gasteiger partial charge < -0.3 is 40.8 Å². The van der Waals surface area contributed by atoms with Gasteiger partial charge in [-0.3, -0.25) is 19.2 Å². The van der Waals surface area contributed by atoms with Gasteiger partial charge in [-0.05, 0) is 44.8 Å². The molecule has 39 heavy (non-hydrogen) atoms. The Morgan fingerprint density at radius 3 is 2.00 bits per heavy atom. The Balaban J connectivity index is 2.01. The van der Waals surface area contributed by atoms with E-state index in [1.165, 1.54) is 11.8 Å². The van der Waals surface area contributed by atoms with Gasteiger partial charge in [0.1, 0.15) is 12.1 Å². The first kappa shape index (κ1) is 32.5. The molecule has 6 atom stereocenters. The van der Waals surface area contributed by atoms with E-state index in [0.717, 1.165) is 0 Å². The SMILES string of the molecule is C[C@@H](O)[C@H](NC(=O)C1CCN(C(=O)C2CCN(C(=O)[C@@H](NC(=O)O)[C@@H](C)O[Si](C)(C)C(C)(C)C)C2)C1)C(N)=O. The molecule has 2 rings (SSSR count). The predicted molar refractivity (Wildman–Crippen MR) is 145 cm³/mol. The summed E-state index contributed by atoms with van der Waals surface area (Å²) in [7, 11) is -2.29. The van der Waals surface area contributed by atoms with Crippen LogP contribution in [0.4, 0.5) is 4.79 Å². The number of carbonyl (C=O) groups excluding carboxylic acids is 4. The molecule has 0 spiro atoms. The number of likely N-dealkylation sites (tertiary alicyclic amines) is 2. The highest BCUT2D eigenvalue weighted by Gasteiger charge is 2.44. The van der Waals surface area contributed by atoms with Crippen molar-refractivity contribution in [2.24, 2.45) is 17.6 Å². The fourth-order valence-corrected chi connectivity index (χ4v) is 6.13. The molecular weight excluding hydrogens is 526 g/mol. The van der Waals surface area contributed by atoms with Gasteiger partial charge in [0.15, 0.2) is 8.32 Å². The first-order valence-electron chi connectivity index (χ1n) is 13.4. The van der Waals surface area contributed by atoms with Crippen LogP contribution in [0, 0.1) is 11.8 Å². The van der Waals surface area contributed by atoms with E-state index in [9.17, 15) is 34.2 Å². The third kappa shape index (κ3) is 8.14. The summed E-state index contributed by atoms with van der Waals surface area (Å²) < 4.78 is 6.30. The van der Waals surface area contributed by atoms with Crippen molar-refractivity contribution >= 4 is 38.0 Å². The first-order chi connectivity index (χ1) is 17.9. The average molecular weight is 572 g/mol. The highest BCUT2D eigenvalue weighted by molar-refractivity contribution is 6.74. The molecule has 6 N–H and O–H groups in total. The summed E-state index contributed by atoms with van der Waals surface area (Å²) in [6, 6.07) is -2.33. The highest BCUT2D eigenvalue weighted by atomic mass is 28.4. The van der Waals surface area contributed by atoms with Gasteiger partial charge in [0.05, 0.1) is 24.0 Å². The van der Waals surface area contributed by atoms with Crippen molar-refractivity contribution < 1.29 is 38.6 Å². The molecule has 0 aromatic rings. The molecule has 2 heterocycles. The van der Waals surface area contributed by atoms with Crippen molar-refractivity contribution in [3.63, 3.8) is 0 Å². The normalized spacial score (nSPS) is 23.1. The molecular formula is C25H45N5O8Si. The van der Waals surface area contributed by atoms with E-state index < -0.39 is 68.3 Å². The van der Waals surface area contributed by atoms with Gasteiger partial charge in [-0.2, -0.15) is 0 Å². The summed E-state index contributed by atoms with van der Waals surface area (Å²) >= 11 is 0. The van der Waals surface area contributed by atoms with Gasteiger partial charge in [-0.1, -0.05) is 20.8 Å². The van der Waals surface area contributed by atoms with Gasteiger partial charge in [0.25, 0.3) is 0 Å². The lowest BCUT2D eigenvalue weighted by Gasteiger charge is -2.40. The second-order valence-corrected chi connectivity index (χ2v) is 16.9. The number of aliphatic hydroxyl groups excluding tert-OH is 1. The van der Waals surface area contributed by atoms with E-state index in [1.807, 2.05) is 13.1 Å². The van der Waals surface area contributed by atoms with Gasteiger partial charge in [0, 0.05) is 26.2 Å². The van der Waals surface area contributed by atoms with E-state index in [4.69, 9.17) is 10.2 Å². The molecule has 0 radical (unpaired) electrons. The lowest BCUT2D eigenvalue weighted by Crippen LogP contribution is -2.57. The van der Waals surface area contributed by atoms with Gasteiger partial charge in [-0.15, -0.1) is 0 Å². The number of nitrogens with one attached hydrogen (secondary N) is 2. The molecule has 0 saturated carbocycles. The molecule has 2 fully saturated rings. The van der Waals surface area contributed by atoms with Crippen LogP contribution >= 0.6 is 0 Å². The molecule has 2 aliphatic rings. The van der Waals surface area contributed by atoms with Crippen LogP contribution in [0.2, 0.25) is 18.1 Å². The van der Waals surface area contributed by atoms with Crippen molar-refractivity contribution in [3.05, 3.63) is 0 Å². The Labute approximate surface area is 230 Å². The molecule has 5 amide bonds. The summed E-state index contributed by atoms with van der Waals surface area (Å²) in [6.45, 7) is 14.2. The lowest BCUT2D eigenvalue weighted by molar-refractivity contribution is -0.136. The number of primary amides is 1. The molecule has 222 valence electrons. The quantitative estimate of drug-likeness (QED) is 0.228. The number of nitrogens with zero attached hydrogens (tertiary/aromatic N) is 2. The molecule has 0 aromatic carbocycles. The van der Waals surface area contributed by atoms with Crippen molar-refractivity contribution in [2.45, 2.75) is 89.9 Å². The number of nitrogens with two attached hydrogens (primary N) is 1. The molecule has 0 bridgehead atoms. The van der Waals surface area contributed by atoms with Crippen molar-refractivity contribution in [2.75, 3.05) is 26.2 Å². The lowest BCUT2D eigenvalue weighted by atomic mass is 10.1. The second-order valence-electron chi connectivity index (χ2n) is 12.2. The fraction of sp³-hybridized carbons (Fsp3) is 0.800. The van der Waals surface area contributed by atoms with E-state index in [1.54, 1.807) is 11.8 Å². The van der Waals surface area contributed by atoms with E-state index in [-0.39, 0.29) is 24.0 Å². The fourth-order valence-electron chi connectivity index (χ4n) is 4.71. The van der Waals surface area contributed by atoms with Crippen molar-refractivity contribution in [1.29, 1.82) is 0 Å². The Bertz CT molecular complexity index is 953. The number of carbonyl (C=O) groups is 5. The summed E-state index contributed by atoms with van der Waals surface area (Å²) in [5.74, 6) is -2.96. The van der Waals surface area contributed by atoms with Crippen LogP contribution in [0.15, 0.2) is 0 Å². The Hall–Kier alpha value is -2.71. The topological polar surface area (TPSA) is 192 Å². The Morgan fingerprint density at radius 1 is 0.949 bits per heavy atom. The number of hydrogen-bond donors (Lipinski definition) is 5. The van der Waals surface area contributed by atoms with Crippen LogP contribution in [-0.2, 0) is 23.6 Å². The highest BCUT2D eigenvalue weighted by Crippen LogP contribution is 2.37. The number of aliphatic hydroxyl groups is 1. The first-order valence-corrected chi connectivity index (χ1v) is 16.3. The average Bonchev–Trinajstić information content (AvgIpc) is 3.48. The maximum atomic E-state index is 13.4. The van der Waals surface area contributed by atoms with E-state index in [2.05, 4.69) is 31.4 Å². The van der Waals surface area contributed by atoms with E-state index >= 15 is 0 Å². The predicted octanol–water partition coefficient (Wildman–Crippen LogP) is 0.0808. The minimum absolute atomic E-state index is 0.134. The van der Waals surface area contributed by atoms with Crippen LogP contribution in [-0.4, -0.2) is 109 Å². The zero-order valence-corrected chi connectivity index (χ0v) is 25.0. The Morgan fingerprint density at radius 2 is 1.49 bits per heavy atom. The molecule has 0 aliphatic carbocycles. The molecule has 2 saturated heterocycles.